The van der Waals surface area contributed by atoms with Gasteiger partial charge in [-0.2, -0.15) is 39.5 Å². The zero-order valence-corrected chi connectivity index (χ0v) is 68.9. The molecule has 3 N–H and O–H groups in total. The number of nitrogens with one attached hydrogen (secondary N) is 3. The zero-order chi connectivity index (χ0) is 83.7. The number of aryl methyl sites for hydroxylation is 4. The molecule has 6 aromatic carbocycles. The summed E-state index contributed by atoms with van der Waals surface area (Å²) in [6, 6.07) is 26.9. The summed E-state index contributed by atoms with van der Waals surface area (Å²) in [6.45, 7) is 24.3. The number of hydrogen-bond acceptors (Lipinski definition) is 17. The molecule has 3 aliphatic rings. The Morgan fingerprint density at radius 2 is 0.921 bits per heavy atom. The van der Waals surface area contributed by atoms with Gasteiger partial charge >= 0.3 is 214 Å². The number of likely N-dealkylation sites (N-methyl/N-ethyl adjacent to an activating group) is 3. The number of amides is 3. The van der Waals surface area contributed by atoms with E-state index in [1.807, 2.05) is 58.6 Å². The Labute approximate surface area is 677 Å². The van der Waals surface area contributed by atoms with Crippen molar-refractivity contribution in [2.24, 2.45) is 9.98 Å². The van der Waals surface area contributed by atoms with E-state index in [-0.39, 0.29) is 46.8 Å². The fourth-order valence-electron chi connectivity index (χ4n) is 11.2. The molecule has 3 fully saturated rings. The van der Waals surface area contributed by atoms with Gasteiger partial charge in [-0.15, -0.1) is 18.4 Å². The standard InChI is InChI=1S/C27H25BF3N5O2S.C23H24F3N3O.C22H26F3N3O.C5H10Si.C4H2BBrN2OS/c1-18-3-4-20(13-19(18)6-8-23-15-32-26(39-23)33-17-28-38)25(37)34-22-7-5-21(24(14-22)27(29,30)31)16-36-11-9-35(2)10-12-36;1-4-17-13-18(6-5-16(17)2)22(30)27-20-8-7-19(21(14-20)23(24,25)26)15-29-11-9-28(3)10-12-29;1-15-4-6-18(12-16(15)2)21(29)26-20-7-5-17(13-19(20)22(23,24)25)14-28-10-8-27(3)9-11-28;1-5-6(2,3)4;6-3-1-7-4(10-3)8-2-5-9/h3-5,7,13-15,17H,9-12,16H2,1-2H3,(H,34,37);1,5-8,13-14H,9-12,15H2,2-3H3,(H,27,30);4-7,12-13H,8-11,14H2,1-3H3,(H,26,29);1H,2-4H3;1-2H. The summed E-state index contributed by atoms with van der Waals surface area (Å²) in [6.07, 6.45) is 2.38. The van der Waals surface area contributed by atoms with E-state index in [4.69, 9.17) is 12.8 Å². The van der Waals surface area contributed by atoms with Gasteiger partial charge in [0.15, 0.2) is 0 Å². The van der Waals surface area contributed by atoms with E-state index in [1.165, 1.54) is 65.3 Å². The Bertz CT molecular complexity index is 4890. The summed E-state index contributed by atoms with van der Waals surface area (Å²) in [5.41, 5.74) is 7.02. The van der Waals surface area contributed by atoms with Crippen molar-refractivity contribution in [3.63, 3.8) is 0 Å². The second kappa shape index (κ2) is 42.8. The summed E-state index contributed by atoms with van der Waals surface area (Å²) in [5, 5.41) is 8.55. The molecule has 0 radical (unpaired) electrons. The summed E-state index contributed by atoms with van der Waals surface area (Å²) >= 11 is 5.80. The molecule has 3 amide bonds. The number of carbonyl (C=O) groups excluding carboxylic acids is 3. The minimum absolute atomic E-state index is 0.0655. The monoisotopic (exact) mass is 1690 g/mol. The van der Waals surface area contributed by atoms with Crippen LogP contribution in [0.2, 0.25) is 19.6 Å². The maximum absolute atomic E-state index is 13.9. The van der Waals surface area contributed by atoms with Crippen molar-refractivity contribution in [3.8, 4) is 36.2 Å². The number of rotatable bonds is 16. The Morgan fingerprint density at radius 3 is 1.34 bits per heavy atom. The molecule has 11 rings (SSSR count). The Morgan fingerprint density at radius 1 is 0.509 bits per heavy atom. The van der Waals surface area contributed by atoms with Crippen LogP contribution in [-0.2, 0) is 47.6 Å². The van der Waals surface area contributed by atoms with E-state index >= 15 is 0 Å². The maximum atomic E-state index is 13.9. The third kappa shape index (κ3) is 29.8. The second-order valence-corrected chi connectivity index (χ2v) is 36.3. The molecular formula is C81H87B2BrF9N13O5S2Si. The van der Waals surface area contributed by atoms with Gasteiger partial charge < -0.3 is 25.3 Å². The van der Waals surface area contributed by atoms with Gasteiger partial charge in [0, 0.05) is 126 Å². The van der Waals surface area contributed by atoms with Crippen LogP contribution in [0.1, 0.15) is 103 Å². The van der Waals surface area contributed by atoms with Gasteiger partial charge in [0.05, 0.1) is 22.4 Å². The molecule has 0 bridgehead atoms. The zero-order valence-electron chi connectivity index (χ0n) is 64.7. The number of aromatic nitrogens is 2. The average Bonchev–Trinajstić information content (AvgIpc) is 1.03. The molecule has 0 atom stereocenters. The van der Waals surface area contributed by atoms with Crippen molar-refractivity contribution in [2.75, 3.05) is 116 Å². The fourth-order valence-corrected chi connectivity index (χ4v) is 12.9. The summed E-state index contributed by atoms with van der Waals surface area (Å²) in [5.74, 6) is 6.86. The molecule has 114 heavy (non-hydrogen) atoms. The SMILES string of the molecule is C#C[Si](C)(C)C.C#Cc1cc(C(=O)Nc2ccc(CN3CCN(C)CC3)c(C(F)(F)F)c2)ccc1C.Cc1ccc(C(=O)Nc2ccc(CN3CCN(C)CC3)c(C(F)(F)F)c2)cc1C#Cc1cnc(N=CB=O)s1.Cc1ccc(C(=O)Nc2ccc(CN3CCN(C)CC3)cc2C(F)(F)F)cc1C.O=BC=Nc1ncc(Br)s1. The molecule has 3 aliphatic heterocycles. The van der Waals surface area contributed by atoms with Gasteiger partial charge in [-0.1, -0.05) is 55.9 Å². The normalized spacial score (nSPS) is 14.6. The number of aliphatic imine (C=N–C) groups is 2. The minimum atomic E-state index is -4.55. The van der Waals surface area contributed by atoms with Gasteiger partial charge in [-0.3, -0.25) is 24.3 Å². The number of anilines is 3. The first kappa shape index (κ1) is 91.7. The Balaban J connectivity index is 0.000000217. The summed E-state index contributed by atoms with van der Waals surface area (Å²) in [7, 11) is 6.09. The fraction of sp³-hybridized carbons (Fsp3) is 0.346. The number of thiazole rings is 2. The number of terminal acetylenes is 2. The third-order valence-electron chi connectivity index (χ3n) is 18.1. The number of benzene rings is 6. The van der Waals surface area contributed by atoms with E-state index in [9.17, 15) is 63.3 Å². The van der Waals surface area contributed by atoms with Crippen LogP contribution in [0.5, 0.6) is 0 Å². The molecule has 0 unspecified atom stereocenters. The van der Waals surface area contributed by atoms with Gasteiger partial charge in [-0.05, 0) is 136 Å². The Hall–Kier alpha value is -9.43. The number of halogens is 10. The number of nitrogens with zero attached hydrogens (tertiary/aromatic N) is 10. The van der Waals surface area contributed by atoms with Crippen LogP contribution in [0.4, 0.5) is 66.8 Å². The van der Waals surface area contributed by atoms with E-state index in [0.717, 1.165) is 116 Å². The van der Waals surface area contributed by atoms with E-state index in [2.05, 4.69) is 114 Å². The number of carbonyl (C=O) groups is 3. The molecule has 3 saturated heterocycles. The average molecular weight is 1690 g/mol. The molecule has 18 nitrogen and oxygen atoms in total. The molecule has 2 aromatic heterocycles. The topological polar surface area (TPSA) is 191 Å². The third-order valence-corrected chi connectivity index (χ3v) is 21.2. The molecule has 0 spiro atoms. The van der Waals surface area contributed by atoms with E-state index in [0.29, 0.717) is 76.9 Å². The van der Waals surface area contributed by atoms with Crippen molar-refractivity contribution >= 4 is 118 Å². The van der Waals surface area contributed by atoms with Crippen LogP contribution in [0.15, 0.2) is 135 Å². The van der Waals surface area contributed by atoms with Crippen LogP contribution in [-0.4, -0.2) is 191 Å². The molecule has 0 aliphatic carbocycles. The van der Waals surface area contributed by atoms with Crippen molar-refractivity contribution in [1.82, 2.24) is 39.4 Å². The van der Waals surface area contributed by atoms with Crippen LogP contribution in [0, 0.1) is 63.8 Å². The van der Waals surface area contributed by atoms with Crippen LogP contribution in [0.25, 0.3) is 0 Å². The first-order valence-corrected chi connectivity index (χ1v) is 41.8. The summed E-state index contributed by atoms with van der Waals surface area (Å²) in [4.78, 5) is 66.8. The molecule has 5 heterocycles. The van der Waals surface area contributed by atoms with Crippen molar-refractivity contribution < 1.29 is 63.3 Å². The molecule has 33 heteroatoms. The second-order valence-electron chi connectivity index (χ2n) is 28.1. The number of piperazine rings is 3. The first-order valence-electron chi connectivity index (χ1n) is 35.9. The number of hydrogen-bond donors (Lipinski definition) is 3. The van der Waals surface area contributed by atoms with Gasteiger partial charge in [0.2, 0.25) is 0 Å². The van der Waals surface area contributed by atoms with Gasteiger partial charge in [0.25, 0.3) is 11.8 Å². The number of alkyl halides is 9. The van der Waals surface area contributed by atoms with Crippen LogP contribution in [0.3, 0.4) is 0 Å². The quantitative estimate of drug-likeness (QED) is 0.0359. The van der Waals surface area contributed by atoms with Gasteiger partial charge in [-0.25, -0.2) is 0 Å². The van der Waals surface area contributed by atoms with Crippen LogP contribution >= 0.6 is 38.6 Å². The van der Waals surface area contributed by atoms with Crippen LogP contribution < -0.4 is 16.0 Å². The van der Waals surface area contributed by atoms with Crippen molar-refractivity contribution in [1.29, 1.82) is 0 Å². The van der Waals surface area contributed by atoms with Crippen molar-refractivity contribution in [3.05, 3.63) is 214 Å². The molecule has 8 aromatic rings. The molecule has 0 saturated carbocycles. The van der Waals surface area contributed by atoms with Gasteiger partial charge in [0.1, 0.15) is 8.07 Å². The summed E-state index contributed by atoms with van der Waals surface area (Å²) < 4.78 is 145. The van der Waals surface area contributed by atoms with E-state index < -0.39 is 61.0 Å². The molecule has 598 valence electrons. The Kier molecular flexibility index (Phi) is 34.4. The predicted molar refractivity (Wildman–Crippen MR) is 442 cm³/mol. The molecular weight excluding hydrogens is 1600 g/mol. The van der Waals surface area contributed by atoms with E-state index in [1.54, 1.807) is 66.9 Å². The van der Waals surface area contributed by atoms with Crippen molar-refractivity contribution in [2.45, 2.75) is 85.5 Å². The first-order chi connectivity index (χ1) is 53.8. The predicted octanol–water partition coefficient (Wildman–Crippen LogP) is 16.0.